The molecule has 162 valence electrons. The predicted molar refractivity (Wildman–Crippen MR) is 109 cm³/mol. The van der Waals surface area contributed by atoms with Crippen LogP contribution in [0.25, 0.3) is 5.69 Å². The van der Waals surface area contributed by atoms with Crippen LogP contribution in [0.3, 0.4) is 0 Å². The number of amides is 1. The van der Waals surface area contributed by atoms with Gasteiger partial charge in [0.05, 0.1) is 53.8 Å². The Hall–Kier alpha value is -3.40. The van der Waals surface area contributed by atoms with Crippen LogP contribution in [0.4, 0.5) is 24.7 Å². The molecule has 0 saturated carbocycles. The van der Waals surface area contributed by atoms with Gasteiger partial charge in [-0.3, -0.25) is 4.79 Å². The molecule has 1 aliphatic rings. The smallest absolute Gasteiger partial charge is 0.378 e. The van der Waals surface area contributed by atoms with Crippen molar-refractivity contribution in [3.8, 4) is 5.69 Å². The number of nitrogens with one attached hydrogen (secondary N) is 1. The third-order valence-corrected chi connectivity index (χ3v) is 5.01. The van der Waals surface area contributed by atoms with Crippen LogP contribution in [0, 0.1) is 6.92 Å². The average Bonchev–Trinajstić information content (AvgIpc) is 3.16. The topological polar surface area (TPSA) is 72.3 Å². The minimum atomic E-state index is -4.46. The number of anilines is 2. The molecule has 1 amide bonds. The highest BCUT2D eigenvalue weighted by atomic mass is 19.4. The van der Waals surface area contributed by atoms with Gasteiger partial charge in [0.15, 0.2) is 0 Å². The Bertz CT molecular complexity index is 1070. The molecule has 2 aromatic heterocycles. The van der Waals surface area contributed by atoms with Crippen LogP contribution in [-0.4, -0.2) is 47.0 Å². The molecule has 0 aliphatic carbocycles. The van der Waals surface area contributed by atoms with Crippen LogP contribution in [0.5, 0.6) is 0 Å². The lowest BCUT2D eigenvalue weighted by atomic mass is 10.2. The highest BCUT2D eigenvalue weighted by molar-refractivity contribution is 6.04. The van der Waals surface area contributed by atoms with Gasteiger partial charge in [0.1, 0.15) is 5.82 Å². The number of halogens is 3. The molecule has 0 spiro atoms. The molecule has 1 N–H and O–H groups in total. The van der Waals surface area contributed by atoms with Crippen molar-refractivity contribution in [1.29, 1.82) is 0 Å². The number of benzene rings is 1. The molecule has 0 atom stereocenters. The summed E-state index contributed by atoms with van der Waals surface area (Å²) in [5, 5.41) is 6.85. The van der Waals surface area contributed by atoms with Gasteiger partial charge in [-0.15, -0.1) is 0 Å². The van der Waals surface area contributed by atoms with E-state index >= 15 is 0 Å². The van der Waals surface area contributed by atoms with E-state index in [-0.39, 0.29) is 11.3 Å². The Morgan fingerprint density at radius 1 is 1.13 bits per heavy atom. The molecule has 31 heavy (non-hydrogen) atoms. The number of carbonyl (C=O) groups excluding carboxylic acids is 1. The van der Waals surface area contributed by atoms with Gasteiger partial charge < -0.3 is 15.0 Å². The van der Waals surface area contributed by atoms with Crippen LogP contribution in [-0.2, 0) is 10.9 Å². The number of carbonyl (C=O) groups is 1. The van der Waals surface area contributed by atoms with Gasteiger partial charge in [-0.25, -0.2) is 9.67 Å². The molecule has 0 unspecified atom stereocenters. The van der Waals surface area contributed by atoms with Gasteiger partial charge in [0, 0.05) is 13.1 Å². The monoisotopic (exact) mass is 431 g/mol. The van der Waals surface area contributed by atoms with E-state index in [1.807, 2.05) is 6.07 Å². The molecular weight excluding hydrogens is 411 g/mol. The van der Waals surface area contributed by atoms with E-state index < -0.39 is 17.6 Å². The number of ether oxygens (including phenoxy) is 1. The van der Waals surface area contributed by atoms with Crippen molar-refractivity contribution in [3.05, 3.63) is 65.6 Å². The van der Waals surface area contributed by atoms with E-state index in [9.17, 15) is 18.0 Å². The zero-order valence-corrected chi connectivity index (χ0v) is 16.7. The standard InChI is InChI=1S/C21H20F3N5O2/c1-14-18(13-26-29(14)17-4-2-3-15(11-17)21(22,23)24)20(30)27-16-5-6-19(25-12-16)28-7-9-31-10-8-28/h2-6,11-13H,7-10H2,1H3,(H,27,30). The summed E-state index contributed by atoms with van der Waals surface area (Å²) in [6.07, 6.45) is -1.56. The number of morpholine rings is 1. The fourth-order valence-corrected chi connectivity index (χ4v) is 3.34. The molecular formula is C21H20F3N5O2. The number of hydrogen-bond donors (Lipinski definition) is 1. The Balaban J connectivity index is 1.49. The fraction of sp³-hybridized carbons (Fsp3) is 0.286. The van der Waals surface area contributed by atoms with E-state index in [1.165, 1.54) is 23.0 Å². The van der Waals surface area contributed by atoms with Gasteiger partial charge in [0.25, 0.3) is 5.91 Å². The van der Waals surface area contributed by atoms with Crippen molar-refractivity contribution in [3.63, 3.8) is 0 Å². The maximum atomic E-state index is 13.0. The molecule has 0 radical (unpaired) electrons. The Labute approximate surface area is 176 Å². The van der Waals surface area contributed by atoms with Crippen molar-refractivity contribution in [1.82, 2.24) is 14.8 Å². The molecule has 0 bridgehead atoms. The molecule has 4 rings (SSSR count). The second-order valence-electron chi connectivity index (χ2n) is 7.06. The molecule has 1 saturated heterocycles. The molecule has 3 heterocycles. The van der Waals surface area contributed by atoms with Crippen LogP contribution < -0.4 is 10.2 Å². The maximum absolute atomic E-state index is 13.0. The van der Waals surface area contributed by atoms with Crippen molar-refractivity contribution in [2.75, 3.05) is 36.5 Å². The summed E-state index contributed by atoms with van der Waals surface area (Å²) in [4.78, 5) is 19.2. The summed E-state index contributed by atoms with van der Waals surface area (Å²) >= 11 is 0. The quantitative estimate of drug-likeness (QED) is 0.682. The first-order chi connectivity index (χ1) is 14.8. The number of rotatable bonds is 4. The highest BCUT2D eigenvalue weighted by Gasteiger charge is 2.30. The lowest BCUT2D eigenvalue weighted by Gasteiger charge is -2.27. The van der Waals surface area contributed by atoms with Crippen LogP contribution in [0.2, 0.25) is 0 Å². The minimum absolute atomic E-state index is 0.225. The zero-order valence-electron chi connectivity index (χ0n) is 16.7. The lowest BCUT2D eigenvalue weighted by Crippen LogP contribution is -2.36. The van der Waals surface area contributed by atoms with Crippen LogP contribution in [0.1, 0.15) is 21.6 Å². The summed E-state index contributed by atoms with van der Waals surface area (Å²) in [6, 6.07) is 8.37. The largest absolute Gasteiger partial charge is 0.416 e. The first kappa shape index (κ1) is 20.9. The molecule has 10 heteroatoms. The van der Waals surface area contributed by atoms with E-state index in [0.717, 1.165) is 31.0 Å². The number of alkyl halides is 3. The third-order valence-electron chi connectivity index (χ3n) is 5.01. The average molecular weight is 431 g/mol. The molecule has 3 aromatic rings. The summed E-state index contributed by atoms with van der Waals surface area (Å²) in [5.74, 6) is 0.381. The van der Waals surface area contributed by atoms with E-state index in [0.29, 0.717) is 24.6 Å². The summed E-state index contributed by atoms with van der Waals surface area (Å²) in [6.45, 7) is 4.44. The van der Waals surface area contributed by atoms with Gasteiger partial charge in [-0.1, -0.05) is 6.07 Å². The molecule has 1 aliphatic heterocycles. The van der Waals surface area contributed by atoms with Gasteiger partial charge in [-0.2, -0.15) is 18.3 Å². The lowest BCUT2D eigenvalue weighted by molar-refractivity contribution is -0.137. The molecule has 1 fully saturated rings. The summed E-state index contributed by atoms with van der Waals surface area (Å²) < 4.78 is 45.6. The first-order valence-corrected chi connectivity index (χ1v) is 9.65. The number of aromatic nitrogens is 3. The van der Waals surface area contributed by atoms with Gasteiger partial charge >= 0.3 is 6.18 Å². The normalized spacial score (nSPS) is 14.5. The third kappa shape index (κ3) is 4.53. The Kier molecular flexibility index (Phi) is 5.64. The second-order valence-corrected chi connectivity index (χ2v) is 7.06. The van der Waals surface area contributed by atoms with E-state index in [2.05, 4.69) is 20.3 Å². The van der Waals surface area contributed by atoms with Crippen LogP contribution in [0.15, 0.2) is 48.8 Å². The molecule has 1 aromatic carbocycles. The van der Waals surface area contributed by atoms with E-state index in [4.69, 9.17) is 4.74 Å². The van der Waals surface area contributed by atoms with Gasteiger partial charge in [-0.05, 0) is 37.3 Å². The first-order valence-electron chi connectivity index (χ1n) is 9.65. The maximum Gasteiger partial charge on any atom is 0.416 e. The van der Waals surface area contributed by atoms with Crippen LogP contribution >= 0.6 is 0 Å². The zero-order chi connectivity index (χ0) is 22.0. The van der Waals surface area contributed by atoms with Crippen molar-refractivity contribution >= 4 is 17.4 Å². The number of hydrogen-bond acceptors (Lipinski definition) is 5. The van der Waals surface area contributed by atoms with Crippen molar-refractivity contribution in [2.45, 2.75) is 13.1 Å². The highest BCUT2D eigenvalue weighted by Crippen LogP contribution is 2.30. The predicted octanol–water partition coefficient (Wildman–Crippen LogP) is 3.68. The van der Waals surface area contributed by atoms with Gasteiger partial charge in [0.2, 0.25) is 0 Å². The molecule has 7 nitrogen and oxygen atoms in total. The van der Waals surface area contributed by atoms with Crippen molar-refractivity contribution < 1.29 is 22.7 Å². The SMILES string of the molecule is Cc1c(C(=O)Nc2ccc(N3CCOCC3)nc2)cnn1-c1cccc(C(F)(F)F)c1. The Morgan fingerprint density at radius 2 is 1.90 bits per heavy atom. The second kappa shape index (κ2) is 8.38. The number of nitrogens with zero attached hydrogens (tertiary/aromatic N) is 4. The number of pyridine rings is 1. The minimum Gasteiger partial charge on any atom is -0.378 e. The van der Waals surface area contributed by atoms with Crippen molar-refractivity contribution in [2.24, 2.45) is 0 Å². The van der Waals surface area contributed by atoms with E-state index in [1.54, 1.807) is 19.2 Å². The summed E-state index contributed by atoms with van der Waals surface area (Å²) in [5.41, 5.74) is 0.637. The fourth-order valence-electron chi connectivity index (χ4n) is 3.34. The Morgan fingerprint density at radius 3 is 2.58 bits per heavy atom. The summed E-state index contributed by atoms with van der Waals surface area (Å²) in [7, 11) is 0.